The van der Waals surface area contributed by atoms with Crippen LogP contribution in [0.15, 0.2) is 95.6 Å². The molecule has 0 saturated heterocycles. The van der Waals surface area contributed by atoms with Crippen LogP contribution in [0.4, 0.5) is 0 Å². The van der Waals surface area contributed by atoms with E-state index in [1.165, 1.54) is 17.7 Å². The minimum absolute atomic E-state index is 0.308. The number of amides is 1. The smallest absolute Gasteiger partial charge is 0.281 e. The molecule has 0 unspecified atom stereocenters. The maximum atomic E-state index is 13.1. The molecule has 0 saturated carbocycles. The summed E-state index contributed by atoms with van der Waals surface area (Å²) in [6.45, 7) is 0. The lowest BCUT2D eigenvalue weighted by Crippen LogP contribution is -2.33. The van der Waals surface area contributed by atoms with Gasteiger partial charge in [-0.1, -0.05) is 30.3 Å². The molecule has 3 heterocycles. The molecule has 0 bridgehead atoms. The molecule has 1 amide bonds. The summed E-state index contributed by atoms with van der Waals surface area (Å²) in [6, 6.07) is 20.7. The van der Waals surface area contributed by atoms with Gasteiger partial charge >= 0.3 is 0 Å². The topological polar surface area (TPSA) is 68.9 Å². The number of rotatable bonds is 4. The monoisotopic (exact) mass is 412 g/mol. The fraction of sp³-hybridized carbons (Fsp3) is 0. The van der Waals surface area contributed by atoms with Crippen molar-refractivity contribution in [3.8, 4) is 16.8 Å². The molecular formula is C23H16N4O2S. The fourth-order valence-corrected chi connectivity index (χ4v) is 4.21. The van der Waals surface area contributed by atoms with Crippen LogP contribution in [0, 0.1) is 0 Å². The zero-order valence-electron chi connectivity index (χ0n) is 15.7. The summed E-state index contributed by atoms with van der Waals surface area (Å²) in [5.41, 5.74) is 5.48. The Balaban J connectivity index is 1.46. The van der Waals surface area contributed by atoms with E-state index in [2.05, 4.69) is 10.4 Å². The van der Waals surface area contributed by atoms with Crippen molar-refractivity contribution in [2.75, 3.05) is 5.43 Å². The van der Waals surface area contributed by atoms with E-state index >= 15 is 0 Å². The van der Waals surface area contributed by atoms with E-state index < -0.39 is 0 Å². The number of nitrogens with one attached hydrogen (secondary N) is 1. The first-order valence-corrected chi connectivity index (χ1v) is 10.2. The molecule has 3 aromatic heterocycles. The predicted octanol–water partition coefficient (Wildman–Crippen LogP) is 4.30. The maximum Gasteiger partial charge on any atom is 0.281 e. The molecule has 30 heavy (non-hydrogen) atoms. The SMILES string of the molecule is O=C(Nn1cnc2scc(-c3ccccc3)c2c1=O)c1ccc(-n2cccc2)cc1. The van der Waals surface area contributed by atoms with Crippen LogP contribution in [0.3, 0.4) is 0 Å². The lowest BCUT2D eigenvalue weighted by atomic mass is 10.1. The van der Waals surface area contributed by atoms with E-state index in [-0.39, 0.29) is 11.5 Å². The molecule has 6 nitrogen and oxygen atoms in total. The third kappa shape index (κ3) is 3.21. The Labute approximate surface area is 175 Å². The van der Waals surface area contributed by atoms with Crippen molar-refractivity contribution in [2.45, 2.75) is 0 Å². The number of fused-ring (bicyclic) bond motifs is 1. The predicted molar refractivity (Wildman–Crippen MR) is 119 cm³/mol. The molecule has 0 aliphatic rings. The molecule has 7 heteroatoms. The number of thiophene rings is 1. The van der Waals surface area contributed by atoms with Crippen LogP contribution in [0.2, 0.25) is 0 Å². The van der Waals surface area contributed by atoms with Gasteiger partial charge in [0, 0.05) is 34.6 Å². The standard InChI is InChI=1S/C23H16N4O2S/c28-21(17-8-10-18(11-9-17)26-12-4-5-13-26)25-27-15-24-22-20(23(27)29)19(14-30-22)16-6-2-1-3-7-16/h1-15H,(H,25,28). The Kier molecular flexibility index (Phi) is 4.49. The maximum absolute atomic E-state index is 13.1. The number of benzene rings is 2. The van der Waals surface area contributed by atoms with Gasteiger partial charge in [-0.05, 0) is 42.0 Å². The van der Waals surface area contributed by atoms with E-state index in [1.807, 2.05) is 76.9 Å². The summed E-state index contributed by atoms with van der Waals surface area (Å²) in [4.78, 5) is 30.7. The van der Waals surface area contributed by atoms with Crippen molar-refractivity contribution in [3.05, 3.63) is 107 Å². The van der Waals surface area contributed by atoms with Gasteiger partial charge < -0.3 is 4.57 Å². The van der Waals surface area contributed by atoms with Gasteiger partial charge in [0.15, 0.2) is 0 Å². The first kappa shape index (κ1) is 18.1. The van der Waals surface area contributed by atoms with Crippen LogP contribution in [0.25, 0.3) is 27.0 Å². The van der Waals surface area contributed by atoms with Gasteiger partial charge in [-0.15, -0.1) is 11.3 Å². The molecule has 0 radical (unpaired) electrons. The highest BCUT2D eigenvalue weighted by Gasteiger charge is 2.15. The molecule has 0 aliphatic heterocycles. The molecule has 0 aliphatic carbocycles. The Bertz CT molecular complexity index is 1390. The Hall–Kier alpha value is -3.97. The minimum atomic E-state index is -0.381. The van der Waals surface area contributed by atoms with E-state index in [0.29, 0.717) is 15.8 Å². The van der Waals surface area contributed by atoms with Gasteiger partial charge in [-0.2, -0.15) is 0 Å². The Morgan fingerprint density at radius 1 is 0.933 bits per heavy atom. The Morgan fingerprint density at radius 3 is 2.40 bits per heavy atom. The number of hydrogen-bond donors (Lipinski definition) is 1. The third-order valence-electron chi connectivity index (χ3n) is 4.83. The second-order valence-electron chi connectivity index (χ2n) is 6.69. The normalized spacial score (nSPS) is 10.9. The summed E-state index contributed by atoms with van der Waals surface area (Å²) in [7, 11) is 0. The second kappa shape index (κ2) is 7.46. The number of carbonyl (C=O) groups is 1. The second-order valence-corrected chi connectivity index (χ2v) is 7.55. The van der Waals surface area contributed by atoms with Gasteiger partial charge in [0.05, 0.1) is 5.39 Å². The largest absolute Gasteiger partial charge is 0.324 e. The highest BCUT2D eigenvalue weighted by Crippen LogP contribution is 2.30. The summed E-state index contributed by atoms with van der Waals surface area (Å²) in [6.07, 6.45) is 5.21. The summed E-state index contributed by atoms with van der Waals surface area (Å²) in [5, 5.41) is 2.41. The van der Waals surface area contributed by atoms with Crippen LogP contribution in [-0.2, 0) is 0 Å². The van der Waals surface area contributed by atoms with E-state index in [9.17, 15) is 9.59 Å². The van der Waals surface area contributed by atoms with Gasteiger partial charge in [-0.25, -0.2) is 9.66 Å². The molecule has 0 spiro atoms. The molecule has 2 aromatic carbocycles. The minimum Gasteiger partial charge on any atom is -0.324 e. The van der Waals surface area contributed by atoms with Crippen molar-refractivity contribution in [2.24, 2.45) is 0 Å². The van der Waals surface area contributed by atoms with Crippen LogP contribution in [0.5, 0.6) is 0 Å². The van der Waals surface area contributed by atoms with E-state index in [0.717, 1.165) is 21.5 Å². The molecule has 5 rings (SSSR count). The van der Waals surface area contributed by atoms with Crippen molar-refractivity contribution in [3.63, 3.8) is 0 Å². The van der Waals surface area contributed by atoms with E-state index in [4.69, 9.17) is 0 Å². The van der Waals surface area contributed by atoms with Gasteiger partial charge in [0.2, 0.25) is 0 Å². The van der Waals surface area contributed by atoms with Crippen molar-refractivity contribution >= 4 is 27.5 Å². The van der Waals surface area contributed by atoms with Crippen LogP contribution in [-0.4, -0.2) is 20.1 Å². The number of carbonyl (C=O) groups excluding carboxylic acids is 1. The van der Waals surface area contributed by atoms with Crippen molar-refractivity contribution < 1.29 is 4.79 Å². The lowest BCUT2D eigenvalue weighted by molar-refractivity contribution is 0.101. The molecule has 0 fully saturated rings. The average Bonchev–Trinajstić information content (AvgIpc) is 3.47. The van der Waals surface area contributed by atoms with E-state index in [1.54, 1.807) is 12.1 Å². The third-order valence-corrected chi connectivity index (χ3v) is 5.72. The first-order valence-electron chi connectivity index (χ1n) is 9.30. The van der Waals surface area contributed by atoms with Gasteiger partial charge in [0.1, 0.15) is 11.2 Å². The highest BCUT2D eigenvalue weighted by atomic mass is 32.1. The van der Waals surface area contributed by atoms with Crippen LogP contribution < -0.4 is 11.0 Å². The fourth-order valence-electron chi connectivity index (χ4n) is 3.31. The zero-order valence-corrected chi connectivity index (χ0v) is 16.5. The van der Waals surface area contributed by atoms with Crippen LogP contribution >= 0.6 is 11.3 Å². The Morgan fingerprint density at radius 2 is 1.67 bits per heavy atom. The van der Waals surface area contributed by atoms with Crippen LogP contribution in [0.1, 0.15) is 10.4 Å². The van der Waals surface area contributed by atoms with Gasteiger partial charge in [0.25, 0.3) is 11.5 Å². The molecule has 146 valence electrons. The van der Waals surface area contributed by atoms with Gasteiger partial charge in [-0.3, -0.25) is 15.0 Å². The van der Waals surface area contributed by atoms with Crippen molar-refractivity contribution in [1.82, 2.24) is 14.2 Å². The quantitative estimate of drug-likeness (QED) is 0.479. The lowest BCUT2D eigenvalue weighted by Gasteiger charge is -2.09. The number of hydrogen-bond acceptors (Lipinski definition) is 4. The average molecular weight is 412 g/mol. The number of aromatic nitrogens is 3. The first-order chi connectivity index (χ1) is 14.7. The summed E-state index contributed by atoms with van der Waals surface area (Å²) in [5.74, 6) is -0.381. The summed E-state index contributed by atoms with van der Waals surface area (Å²) < 4.78 is 3.09. The molecule has 1 N–H and O–H groups in total. The summed E-state index contributed by atoms with van der Waals surface area (Å²) >= 11 is 1.41. The molecule has 5 aromatic rings. The number of nitrogens with zero attached hydrogens (tertiary/aromatic N) is 3. The molecule has 0 atom stereocenters. The van der Waals surface area contributed by atoms with Crippen molar-refractivity contribution in [1.29, 1.82) is 0 Å². The highest BCUT2D eigenvalue weighted by molar-refractivity contribution is 7.17. The zero-order chi connectivity index (χ0) is 20.5. The molecular weight excluding hydrogens is 396 g/mol.